The molecule has 1 saturated heterocycles. The number of ether oxygens (including phenoxy) is 3. The number of aliphatic hydroxyl groups is 1. The lowest BCUT2D eigenvalue weighted by molar-refractivity contribution is -0.327. The summed E-state index contributed by atoms with van der Waals surface area (Å²) in [4.78, 5) is 0. The topological polar surface area (TPSA) is 47.9 Å². The van der Waals surface area contributed by atoms with Gasteiger partial charge in [0.1, 0.15) is 17.1 Å². The number of fused-ring (bicyclic) bond motifs is 4. The van der Waals surface area contributed by atoms with Crippen molar-refractivity contribution in [3.63, 3.8) is 0 Å². The van der Waals surface area contributed by atoms with Crippen LogP contribution < -0.4 is 9.47 Å². The molecular formula is C27H38O4. The van der Waals surface area contributed by atoms with Crippen molar-refractivity contribution in [1.82, 2.24) is 0 Å². The van der Waals surface area contributed by atoms with Crippen molar-refractivity contribution >= 4 is 0 Å². The predicted molar refractivity (Wildman–Crippen MR) is 119 cm³/mol. The van der Waals surface area contributed by atoms with E-state index < -0.39 is 6.29 Å². The summed E-state index contributed by atoms with van der Waals surface area (Å²) in [5, 5.41) is 10.8. The molecule has 6 rings (SSSR count). The number of aliphatic hydroxyl groups excluding tert-OH is 1. The molecule has 0 spiro atoms. The first-order valence-corrected chi connectivity index (χ1v) is 12.4. The molecule has 0 amide bonds. The molecule has 4 heteroatoms. The summed E-state index contributed by atoms with van der Waals surface area (Å²) >= 11 is 0. The second kappa shape index (κ2) is 6.41. The molecule has 3 saturated carbocycles. The molecule has 4 nitrogen and oxygen atoms in total. The quantitative estimate of drug-likeness (QED) is 0.657. The zero-order chi connectivity index (χ0) is 21.6. The molecule has 1 aromatic rings. The number of benzene rings is 1. The van der Waals surface area contributed by atoms with Crippen molar-refractivity contribution in [3.05, 3.63) is 23.8 Å². The number of rotatable bonds is 1. The highest BCUT2D eigenvalue weighted by Crippen LogP contribution is 2.72. The van der Waals surface area contributed by atoms with Crippen molar-refractivity contribution in [3.8, 4) is 11.5 Å². The third kappa shape index (κ3) is 2.50. The van der Waals surface area contributed by atoms with Gasteiger partial charge < -0.3 is 19.3 Å². The van der Waals surface area contributed by atoms with Crippen LogP contribution in [-0.2, 0) is 11.2 Å². The maximum Gasteiger partial charge on any atom is 0.160 e. The summed E-state index contributed by atoms with van der Waals surface area (Å²) in [7, 11) is 1.74. The van der Waals surface area contributed by atoms with E-state index in [4.69, 9.17) is 14.2 Å². The fourth-order valence-corrected chi connectivity index (χ4v) is 9.44. The van der Waals surface area contributed by atoms with Crippen LogP contribution in [0.4, 0.5) is 0 Å². The van der Waals surface area contributed by atoms with Crippen LogP contribution in [-0.4, -0.2) is 30.7 Å². The Morgan fingerprint density at radius 2 is 1.74 bits per heavy atom. The maximum absolute atomic E-state index is 10.8. The van der Waals surface area contributed by atoms with E-state index in [-0.39, 0.29) is 21.8 Å². The van der Waals surface area contributed by atoms with Crippen LogP contribution in [0.5, 0.6) is 11.5 Å². The van der Waals surface area contributed by atoms with Gasteiger partial charge in [-0.3, -0.25) is 0 Å². The minimum Gasteiger partial charge on any atom is -0.497 e. The third-order valence-corrected chi connectivity index (χ3v) is 10.9. The molecule has 170 valence electrons. The normalized spacial score (nSPS) is 50.2. The molecule has 1 aromatic carbocycles. The summed E-state index contributed by atoms with van der Waals surface area (Å²) in [6.45, 7) is 7.97. The van der Waals surface area contributed by atoms with Gasteiger partial charge in [0.25, 0.3) is 0 Å². The molecule has 0 unspecified atom stereocenters. The SMILES string of the molecule is COc1ccc2c(c1)C[C@H]1[C@]3(C)CC[C@H]4[C@@]5(C)CCC[C@]4(CO[C@H]5O)[C@H]3CC[C@]1(C)O2. The van der Waals surface area contributed by atoms with Crippen LogP contribution in [0.3, 0.4) is 0 Å². The number of hydrogen-bond donors (Lipinski definition) is 1. The predicted octanol–water partition coefficient (Wildman–Crippen LogP) is 5.36. The van der Waals surface area contributed by atoms with Crippen LogP contribution in [0.2, 0.25) is 0 Å². The Bertz CT molecular complexity index is 899. The molecule has 2 heterocycles. The summed E-state index contributed by atoms with van der Waals surface area (Å²) < 4.78 is 18.5. The highest BCUT2D eigenvalue weighted by atomic mass is 16.6. The van der Waals surface area contributed by atoms with Crippen LogP contribution in [0, 0.1) is 34.0 Å². The molecule has 5 aliphatic rings. The van der Waals surface area contributed by atoms with Gasteiger partial charge in [-0.2, -0.15) is 0 Å². The van der Waals surface area contributed by atoms with Crippen LogP contribution >= 0.6 is 0 Å². The van der Waals surface area contributed by atoms with Crippen molar-refractivity contribution < 1.29 is 19.3 Å². The zero-order valence-electron chi connectivity index (χ0n) is 19.6. The second-order valence-electron chi connectivity index (χ2n) is 12.1. The zero-order valence-corrected chi connectivity index (χ0v) is 19.6. The van der Waals surface area contributed by atoms with Crippen molar-refractivity contribution in [1.29, 1.82) is 0 Å². The van der Waals surface area contributed by atoms with Gasteiger partial charge in [0.15, 0.2) is 6.29 Å². The highest BCUT2D eigenvalue weighted by Gasteiger charge is 2.70. The molecular weight excluding hydrogens is 388 g/mol. The molecule has 2 bridgehead atoms. The van der Waals surface area contributed by atoms with Crippen LogP contribution in [0.15, 0.2) is 18.2 Å². The average Bonchev–Trinajstić information content (AvgIpc) is 2.74. The molecule has 31 heavy (non-hydrogen) atoms. The largest absolute Gasteiger partial charge is 0.497 e. The molecule has 2 aliphatic heterocycles. The van der Waals surface area contributed by atoms with Gasteiger partial charge in [0.2, 0.25) is 0 Å². The Hall–Kier alpha value is -1.26. The lowest BCUT2D eigenvalue weighted by atomic mass is 9.36. The summed E-state index contributed by atoms with van der Waals surface area (Å²) in [6.07, 6.45) is 8.81. The lowest BCUT2D eigenvalue weighted by Crippen LogP contribution is -2.69. The summed E-state index contributed by atoms with van der Waals surface area (Å²) in [5.41, 5.74) is 1.56. The van der Waals surface area contributed by atoms with E-state index in [1.165, 1.54) is 37.7 Å². The first-order valence-electron chi connectivity index (χ1n) is 12.4. The fourth-order valence-electron chi connectivity index (χ4n) is 9.44. The molecule has 1 N–H and O–H groups in total. The first-order chi connectivity index (χ1) is 14.8. The smallest absolute Gasteiger partial charge is 0.160 e. The van der Waals surface area contributed by atoms with E-state index in [9.17, 15) is 5.11 Å². The van der Waals surface area contributed by atoms with Gasteiger partial charge in [-0.15, -0.1) is 0 Å². The van der Waals surface area contributed by atoms with Gasteiger partial charge >= 0.3 is 0 Å². The Morgan fingerprint density at radius 3 is 2.55 bits per heavy atom. The van der Waals surface area contributed by atoms with E-state index in [0.29, 0.717) is 17.8 Å². The van der Waals surface area contributed by atoms with Crippen molar-refractivity contribution in [2.24, 2.45) is 34.0 Å². The van der Waals surface area contributed by atoms with Crippen molar-refractivity contribution in [2.45, 2.75) is 84.0 Å². The lowest BCUT2D eigenvalue weighted by Gasteiger charge is -2.71. The fraction of sp³-hybridized carbons (Fsp3) is 0.778. The van der Waals surface area contributed by atoms with E-state index in [1.807, 2.05) is 6.07 Å². The Labute approximate surface area is 186 Å². The Kier molecular flexibility index (Phi) is 4.21. The summed E-state index contributed by atoms with van der Waals surface area (Å²) in [5.74, 6) is 3.68. The van der Waals surface area contributed by atoms with Gasteiger partial charge in [-0.25, -0.2) is 0 Å². The van der Waals surface area contributed by atoms with Crippen LogP contribution in [0.25, 0.3) is 0 Å². The first kappa shape index (κ1) is 20.4. The maximum atomic E-state index is 10.8. The molecule has 0 radical (unpaired) electrons. The van der Waals surface area contributed by atoms with Crippen molar-refractivity contribution in [2.75, 3.05) is 13.7 Å². The van der Waals surface area contributed by atoms with E-state index in [0.717, 1.165) is 37.4 Å². The standard InChI is InChI=1S/C27H38O4/c1-24-12-8-21-25(2)10-5-11-27(21,16-30-23(25)28)20(24)9-13-26(3)22(24)15-17-14-18(29-4)6-7-19(17)31-26/h6-7,14,20-23,28H,5,8-13,15-16H2,1-4H3/t20-,21-,22-,23+,24+,25+,26-,27-/m0/s1. The molecule has 0 aromatic heterocycles. The van der Waals surface area contributed by atoms with E-state index in [1.54, 1.807) is 7.11 Å². The van der Waals surface area contributed by atoms with Gasteiger partial charge in [-0.05, 0) is 92.9 Å². The third-order valence-electron chi connectivity index (χ3n) is 10.9. The molecule has 4 fully saturated rings. The van der Waals surface area contributed by atoms with Gasteiger partial charge in [0, 0.05) is 16.7 Å². The van der Waals surface area contributed by atoms with Gasteiger partial charge in [-0.1, -0.05) is 20.3 Å². The molecule has 3 aliphatic carbocycles. The Morgan fingerprint density at radius 1 is 0.968 bits per heavy atom. The number of methoxy groups -OCH3 is 1. The monoisotopic (exact) mass is 426 g/mol. The van der Waals surface area contributed by atoms with Crippen LogP contribution in [0.1, 0.15) is 71.3 Å². The minimum absolute atomic E-state index is 0.0817. The van der Waals surface area contributed by atoms with E-state index >= 15 is 0 Å². The molecule has 8 atom stereocenters. The highest BCUT2D eigenvalue weighted by molar-refractivity contribution is 5.43. The van der Waals surface area contributed by atoms with E-state index in [2.05, 4.69) is 32.9 Å². The summed E-state index contributed by atoms with van der Waals surface area (Å²) in [6, 6.07) is 6.31. The number of hydrogen-bond acceptors (Lipinski definition) is 4. The second-order valence-corrected chi connectivity index (χ2v) is 12.1. The Balaban J connectivity index is 1.41. The van der Waals surface area contributed by atoms with Gasteiger partial charge in [0.05, 0.1) is 13.7 Å². The minimum atomic E-state index is -0.596. The average molecular weight is 427 g/mol.